The van der Waals surface area contributed by atoms with E-state index in [4.69, 9.17) is 9.15 Å². The summed E-state index contributed by atoms with van der Waals surface area (Å²) in [7, 11) is 0. The highest BCUT2D eigenvalue weighted by Crippen LogP contribution is 2.25. The summed E-state index contributed by atoms with van der Waals surface area (Å²) in [5.74, 6) is 1.45. The van der Waals surface area contributed by atoms with Crippen LogP contribution in [-0.4, -0.2) is 53.6 Å². The predicted octanol–water partition coefficient (Wildman–Crippen LogP) is 2.73. The summed E-state index contributed by atoms with van der Waals surface area (Å²) < 4.78 is 10.8. The molecule has 23 heavy (non-hydrogen) atoms. The molecule has 1 aromatic heterocycles. The highest BCUT2D eigenvalue weighted by molar-refractivity contribution is 5.95. The van der Waals surface area contributed by atoms with Gasteiger partial charge in [-0.1, -0.05) is 6.92 Å². The molecule has 6 heteroatoms. The van der Waals surface area contributed by atoms with Crippen molar-refractivity contribution in [1.82, 2.24) is 9.80 Å². The fraction of sp³-hybridized carbons (Fsp3) is 0.647. The number of hydrogen-bond donors (Lipinski definition) is 0. The van der Waals surface area contributed by atoms with E-state index in [0.29, 0.717) is 31.0 Å². The summed E-state index contributed by atoms with van der Waals surface area (Å²) in [5, 5.41) is 0. The van der Waals surface area contributed by atoms with E-state index in [0.717, 1.165) is 25.0 Å². The maximum atomic E-state index is 12.6. The molecule has 126 valence electrons. The van der Waals surface area contributed by atoms with Gasteiger partial charge in [0.1, 0.15) is 17.6 Å². The van der Waals surface area contributed by atoms with Crippen LogP contribution >= 0.6 is 0 Å². The van der Waals surface area contributed by atoms with Crippen molar-refractivity contribution in [2.75, 3.05) is 19.6 Å². The molecule has 0 saturated carbocycles. The summed E-state index contributed by atoms with van der Waals surface area (Å²) in [6.45, 7) is 7.69. The Hall–Kier alpha value is -1.98. The Morgan fingerprint density at radius 3 is 2.52 bits per heavy atom. The number of likely N-dealkylation sites (tertiary alicyclic amines) is 1. The number of carbonyl (C=O) groups is 2. The Morgan fingerprint density at radius 2 is 2.00 bits per heavy atom. The maximum absolute atomic E-state index is 12.6. The highest BCUT2D eigenvalue weighted by atomic mass is 16.6. The second kappa shape index (κ2) is 6.26. The van der Waals surface area contributed by atoms with Gasteiger partial charge in [-0.3, -0.25) is 4.79 Å². The van der Waals surface area contributed by atoms with E-state index >= 15 is 0 Å². The average Bonchev–Trinajstić information content (AvgIpc) is 3.08. The van der Waals surface area contributed by atoms with Crippen LogP contribution in [0.3, 0.4) is 0 Å². The van der Waals surface area contributed by atoms with Crippen molar-refractivity contribution in [3.63, 3.8) is 0 Å². The lowest BCUT2D eigenvalue weighted by Crippen LogP contribution is -2.47. The SMILES string of the molecule is CCC1CN(C2CCN(C(=O)c3cc(C)oc3C)CC2)C(=O)O1. The van der Waals surface area contributed by atoms with Crippen molar-refractivity contribution in [1.29, 1.82) is 0 Å². The number of piperidine rings is 1. The van der Waals surface area contributed by atoms with Crippen LogP contribution in [0.5, 0.6) is 0 Å². The standard InChI is InChI=1S/C17H24N2O4/c1-4-14-10-19(17(21)23-14)13-5-7-18(8-6-13)16(20)15-9-11(2)22-12(15)3/h9,13-14H,4-8,10H2,1-3H3. The molecule has 2 fully saturated rings. The van der Waals surface area contributed by atoms with Crippen molar-refractivity contribution in [3.8, 4) is 0 Å². The molecular formula is C17H24N2O4. The minimum atomic E-state index is -0.206. The lowest BCUT2D eigenvalue weighted by Gasteiger charge is -2.35. The summed E-state index contributed by atoms with van der Waals surface area (Å²) in [6.07, 6.45) is 2.25. The van der Waals surface area contributed by atoms with Gasteiger partial charge in [0.2, 0.25) is 0 Å². The first kappa shape index (κ1) is 15.9. The number of amides is 2. The number of cyclic esters (lactones) is 1. The Bertz CT molecular complexity index is 602. The third-order valence-corrected chi connectivity index (χ3v) is 4.82. The van der Waals surface area contributed by atoms with Gasteiger partial charge >= 0.3 is 6.09 Å². The van der Waals surface area contributed by atoms with Gasteiger partial charge in [-0.2, -0.15) is 0 Å². The molecule has 3 heterocycles. The maximum Gasteiger partial charge on any atom is 0.410 e. The molecule has 3 rings (SSSR count). The van der Waals surface area contributed by atoms with Crippen molar-refractivity contribution in [2.24, 2.45) is 0 Å². The quantitative estimate of drug-likeness (QED) is 0.859. The zero-order valence-electron chi connectivity index (χ0n) is 14.0. The normalized spacial score (nSPS) is 22.6. The molecule has 0 aliphatic carbocycles. The highest BCUT2D eigenvalue weighted by Gasteiger charge is 2.37. The fourth-order valence-corrected chi connectivity index (χ4v) is 3.45. The van der Waals surface area contributed by atoms with Gasteiger partial charge < -0.3 is 19.0 Å². The van der Waals surface area contributed by atoms with E-state index in [1.54, 1.807) is 6.07 Å². The molecule has 0 N–H and O–H groups in total. The summed E-state index contributed by atoms with van der Waals surface area (Å²) >= 11 is 0. The third kappa shape index (κ3) is 3.07. The molecule has 1 aromatic rings. The number of furan rings is 1. The molecule has 0 spiro atoms. The van der Waals surface area contributed by atoms with Crippen LogP contribution in [0.4, 0.5) is 4.79 Å². The average molecular weight is 320 g/mol. The van der Waals surface area contributed by atoms with Crippen molar-refractivity contribution in [3.05, 3.63) is 23.2 Å². The van der Waals surface area contributed by atoms with Crippen LogP contribution < -0.4 is 0 Å². The van der Waals surface area contributed by atoms with Gasteiger partial charge in [-0.05, 0) is 39.2 Å². The summed E-state index contributed by atoms with van der Waals surface area (Å²) in [6, 6.07) is 1.98. The van der Waals surface area contributed by atoms with E-state index in [1.807, 2.05) is 30.6 Å². The van der Waals surface area contributed by atoms with Crippen LogP contribution in [0, 0.1) is 13.8 Å². The minimum Gasteiger partial charge on any atom is -0.466 e. The summed E-state index contributed by atoms with van der Waals surface area (Å²) in [4.78, 5) is 28.2. The Labute approximate surface area is 136 Å². The molecule has 2 amide bonds. The zero-order valence-corrected chi connectivity index (χ0v) is 14.0. The molecule has 0 aromatic carbocycles. The number of hydrogen-bond acceptors (Lipinski definition) is 4. The van der Waals surface area contributed by atoms with Crippen LogP contribution in [0.15, 0.2) is 10.5 Å². The lowest BCUT2D eigenvalue weighted by atomic mass is 10.0. The topological polar surface area (TPSA) is 63.0 Å². The molecule has 0 bridgehead atoms. The van der Waals surface area contributed by atoms with Gasteiger partial charge in [0, 0.05) is 19.1 Å². The minimum absolute atomic E-state index is 0.0127. The monoisotopic (exact) mass is 320 g/mol. The number of carbonyl (C=O) groups excluding carboxylic acids is 2. The molecule has 6 nitrogen and oxygen atoms in total. The number of aryl methyl sites for hydroxylation is 2. The zero-order chi connectivity index (χ0) is 16.6. The van der Waals surface area contributed by atoms with Crippen molar-refractivity contribution < 1.29 is 18.7 Å². The van der Waals surface area contributed by atoms with Gasteiger partial charge in [0.05, 0.1) is 12.1 Å². The Morgan fingerprint density at radius 1 is 1.30 bits per heavy atom. The van der Waals surface area contributed by atoms with E-state index < -0.39 is 0 Å². The van der Waals surface area contributed by atoms with Gasteiger partial charge in [0.25, 0.3) is 5.91 Å². The molecule has 1 atom stereocenters. The Balaban J connectivity index is 1.59. The van der Waals surface area contributed by atoms with Gasteiger partial charge in [0.15, 0.2) is 0 Å². The van der Waals surface area contributed by atoms with E-state index in [-0.39, 0.29) is 24.1 Å². The van der Waals surface area contributed by atoms with Crippen molar-refractivity contribution >= 4 is 12.0 Å². The predicted molar refractivity (Wildman–Crippen MR) is 84.4 cm³/mol. The smallest absolute Gasteiger partial charge is 0.410 e. The second-order valence-corrected chi connectivity index (χ2v) is 6.42. The first-order valence-corrected chi connectivity index (χ1v) is 8.33. The molecule has 2 saturated heterocycles. The van der Waals surface area contributed by atoms with Crippen LogP contribution in [0.2, 0.25) is 0 Å². The number of nitrogens with zero attached hydrogens (tertiary/aromatic N) is 2. The first-order valence-electron chi connectivity index (χ1n) is 8.33. The molecule has 1 unspecified atom stereocenters. The molecule has 2 aliphatic rings. The second-order valence-electron chi connectivity index (χ2n) is 6.42. The number of rotatable bonds is 3. The first-order chi connectivity index (χ1) is 11.0. The van der Waals surface area contributed by atoms with Crippen LogP contribution in [-0.2, 0) is 4.74 Å². The Kier molecular flexibility index (Phi) is 4.33. The van der Waals surface area contributed by atoms with E-state index in [1.165, 1.54) is 0 Å². The lowest BCUT2D eigenvalue weighted by molar-refractivity contribution is 0.0657. The van der Waals surface area contributed by atoms with E-state index in [9.17, 15) is 9.59 Å². The fourth-order valence-electron chi connectivity index (χ4n) is 3.45. The van der Waals surface area contributed by atoms with Crippen LogP contribution in [0.1, 0.15) is 48.1 Å². The molecular weight excluding hydrogens is 296 g/mol. The third-order valence-electron chi connectivity index (χ3n) is 4.82. The molecule has 0 radical (unpaired) electrons. The van der Waals surface area contributed by atoms with Gasteiger partial charge in [-0.15, -0.1) is 0 Å². The van der Waals surface area contributed by atoms with Crippen molar-refractivity contribution in [2.45, 2.75) is 52.2 Å². The largest absolute Gasteiger partial charge is 0.466 e. The van der Waals surface area contributed by atoms with Crippen LogP contribution in [0.25, 0.3) is 0 Å². The van der Waals surface area contributed by atoms with Gasteiger partial charge in [-0.25, -0.2) is 4.79 Å². The molecule has 2 aliphatic heterocycles. The number of ether oxygens (including phenoxy) is 1. The summed E-state index contributed by atoms with van der Waals surface area (Å²) in [5.41, 5.74) is 0.646. The van der Waals surface area contributed by atoms with E-state index in [2.05, 4.69) is 0 Å².